The Labute approximate surface area is 288 Å². The molecule has 0 aromatic heterocycles. The number of carbonyl (C=O) groups excluding carboxylic acids is 2. The standard InChI is InChI=1S/C35H34Cl2F3N3O4S/c1-24(2)21-41-34(45)32(19-25-9-5-3-6-10-25)42(22-26-13-16-28(36)17-14-26)33(44)23-43(48(46,47)29-11-7-4-8-12-29)31-20-27(35(38,39)40)15-18-30(31)37/h3-18,20,24,32H,19,21-23H2,1-2H3,(H,41,45)/t32-/m1/s1. The zero-order chi connectivity index (χ0) is 35.1. The van der Waals surface area contributed by atoms with E-state index in [1.807, 2.05) is 13.8 Å². The van der Waals surface area contributed by atoms with Crippen molar-refractivity contribution >= 4 is 50.7 Å². The van der Waals surface area contributed by atoms with Gasteiger partial charge in [-0.3, -0.25) is 13.9 Å². The lowest BCUT2D eigenvalue weighted by molar-refractivity contribution is -0.140. The molecule has 254 valence electrons. The minimum absolute atomic E-state index is 0.0693. The second kappa shape index (κ2) is 15.9. The first-order valence-corrected chi connectivity index (χ1v) is 17.2. The Balaban J connectivity index is 1.86. The number of alkyl halides is 3. The number of rotatable bonds is 13. The van der Waals surface area contributed by atoms with Gasteiger partial charge >= 0.3 is 6.18 Å². The normalized spacial score (nSPS) is 12.4. The smallest absolute Gasteiger partial charge is 0.354 e. The van der Waals surface area contributed by atoms with Crippen LogP contribution in [0.2, 0.25) is 10.0 Å². The summed E-state index contributed by atoms with van der Waals surface area (Å²) < 4.78 is 70.2. The quantitative estimate of drug-likeness (QED) is 0.154. The highest BCUT2D eigenvalue weighted by Crippen LogP contribution is 2.37. The molecule has 0 aliphatic heterocycles. The molecule has 13 heteroatoms. The summed E-state index contributed by atoms with van der Waals surface area (Å²) in [5.41, 5.74) is -0.391. The largest absolute Gasteiger partial charge is 0.416 e. The molecule has 0 fully saturated rings. The number of hydrogen-bond donors (Lipinski definition) is 1. The van der Waals surface area contributed by atoms with Crippen molar-refractivity contribution in [2.45, 2.75) is 43.9 Å². The van der Waals surface area contributed by atoms with Gasteiger partial charge in [-0.1, -0.05) is 97.7 Å². The second-order valence-corrected chi connectivity index (χ2v) is 14.2. The Bertz CT molecular complexity index is 1810. The van der Waals surface area contributed by atoms with Crippen molar-refractivity contribution in [3.63, 3.8) is 0 Å². The van der Waals surface area contributed by atoms with Gasteiger partial charge in [-0.15, -0.1) is 0 Å². The molecule has 4 rings (SSSR count). The van der Waals surface area contributed by atoms with Crippen LogP contribution >= 0.6 is 23.2 Å². The highest BCUT2D eigenvalue weighted by Gasteiger charge is 2.37. The van der Waals surface area contributed by atoms with E-state index in [0.717, 1.165) is 17.7 Å². The van der Waals surface area contributed by atoms with Crippen molar-refractivity contribution in [2.24, 2.45) is 5.92 Å². The Morgan fingerprint density at radius 2 is 1.44 bits per heavy atom. The van der Waals surface area contributed by atoms with Gasteiger partial charge in [0.15, 0.2) is 0 Å². The molecule has 1 atom stereocenters. The van der Waals surface area contributed by atoms with Crippen LogP contribution in [0.3, 0.4) is 0 Å². The fourth-order valence-corrected chi connectivity index (χ4v) is 6.72. The van der Waals surface area contributed by atoms with E-state index in [0.29, 0.717) is 27.5 Å². The van der Waals surface area contributed by atoms with Gasteiger partial charge in [0.25, 0.3) is 10.0 Å². The Morgan fingerprint density at radius 3 is 2.02 bits per heavy atom. The summed E-state index contributed by atoms with van der Waals surface area (Å²) in [6.45, 7) is 3.02. The van der Waals surface area contributed by atoms with Crippen LogP contribution in [0.15, 0.2) is 108 Å². The number of benzene rings is 4. The summed E-state index contributed by atoms with van der Waals surface area (Å²) >= 11 is 12.5. The number of nitrogens with one attached hydrogen (secondary N) is 1. The third-order valence-corrected chi connectivity index (χ3v) is 9.72. The lowest BCUT2D eigenvalue weighted by Gasteiger charge is -2.34. The summed E-state index contributed by atoms with van der Waals surface area (Å²) in [6, 6.07) is 23.6. The van der Waals surface area contributed by atoms with E-state index in [2.05, 4.69) is 5.32 Å². The van der Waals surface area contributed by atoms with Gasteiger partial charge in [0.1, 0.15) is 12.6 Å². The van der Waals surface area contributed by atoms with E-state index in [-0.39, 0.29) is 28.8 Å². The summed E-state index contributed by atoms with van der Waals surface area (Å²) in [5, 5.41) is 2.99. The molecule has 1 N–H and O–H groups in total. The van der Waals surface area contributed by atoms with Gasteiger partial charge in [-0.2, -0.15) is 13.2 Å². The molecule has 7 nitrogen and oxygen atoms in total. The van der Waals surface area contributed by atoms with Gasteiger partial charge in [0, 0.05) is 24.5 Å². The van der Waals surface area contributed by atoms with Gasteiger partial charge in [0.2, 0.25) is 11.8 Å². The van der Waals surface area contributed by atoms with Crippen molar-refractivity contribution < 1.29 is 31.2 Å². The lowest BCUT2D eigenvalue weighted by atomic mass is 10.0. The van der Waals surface area contributed by atoms with Crippen LogP contribution < -0.4 is 9.62 Å². The molecule has 0 radical (unpaired) electrons. The fraction of sp³-hybridized carbons (Fsp3) is 0.257. The molecule has 0 aliphatic rings. The van der Waals surface area contributed by atoms with E-state index in [1.54, 1.807) is 60.7 Å². The van der Waals surface area contributed by atoms with E-state index >= 15 is 0 Å². The van der Waals surface area contributed by atoms with Crippen molar-refractivity contribution in [1.82, 2.24) is 10.2 Å². The molecule has 0 bridgehead atoms. The number of hydrogen-bond acceptors (Lipinski definition) is 4. The Morgan fingerprint density at radius 1 is 0.833 bits per heavy atom. The van der Waals surface area contributed by atoms with Crippen molar-refractivity contribution in [3.8, 4) is 0 Å². The number of anilines is 1. The zero-order valence-corrected chi connectivity index (χ0v) is 28.5. The molecule has 2 amide bonds. The van der Waals surface area contributed by atoms with Gasteiger partial charge in [-0.25, -0.2) is 8.42 Å². The minimum atomic E-state index is -4.83. The van der Waals surface area contributed by atoms with Crippen molar-refractivity contribution in [1.29, 1.82) is 0 Å². The molecule has 0 unspecified atom stereocenters. The predicted molar refractivity (Wildman–Crippen MR) is 181 cm³/mol. The Kier molecular flexibility index (Phi) is 12.2. The summed E-state index contributed by atoms with van der Waals surface area (Å²) in [7, 11) is -4.66. The van der Waals surface area contributed by atoms with Crippen molar-refractivity contribution in [2.75, 3.05) is 17.4 Å². The fourth-order valence-electron chi connectivity index (χ4n) is 4.88. The van der Waals surface area contributed by atoms with E-state index in [1.165, 1.54) is 29.2 Å². The maximum absolute atomic E-state index is 14.5. The van der Waals surface area contributed by atoms with Crippen LogP contribution in [-0.2, 0) is 38.8 Å². The second-order valence-electron chi connectivity index (χ2n) is 11.5. The molecule has 0 heterocycles. The summed E-state index contributed by atoms with van der Waals surface area (Å²) in [5.74, 6) is -1.25. The first-order valence-electron chi connectivity index (χ1n) is 15.0. The highest BCUT2D eigenvalue weighted by molar-refractivity contribution is 7.92. The topological polar surface area (TPSA) is 86.8 Å². The molecule has 4 aromatic rings. The van der Waals surface area contributed by atoms with E-state index in [9.17, 15) is 31.2 Å². The molecular formula is C35H34Cl2F3N3O4S. The van der Waals surface area contributed by atoms with Gasteiger partial charge < -0.3 is 10.2 Å². The van der Waals surface area contributed by atoms with Crippen LogP contribution in [0.1, 0.15) is 30.5 Å². The molecule has 0 saturated carbocycles. The van der Waals surface area contributed by atoms with Crippen LogP contribution in [0.5, 0.6) is 0 Å². The first kappa shape index (κ1) is 36.8. The third-order valence-electron chi connectivity index (χ3n) is 7.37. The van der Waals surface area contributed by atoms with Crippen molar-refractivity contribution in [3.05, 3.63) is 130 Å². The minimum Gasteiger partial charge on any atom is -0.354 e. The molecule has 48 heavy (non-hydrogen) atoms. The monoisotopic (exact) mass is 719 g/mol. The average molecular weight is 721 g/mol. The highest BCUT2D eigenvalue weighted by atomic mass is 35.5. The maximum Gasteiger partial charge on any atom is 0.416 e. The number of nitrogens with zero attached hydrogens (tertiary/aromatic N) is 2. The predicted octanol–water partition coefficient (Wildman–Crippen LogP) is 7.62. The number of halogens is 5. The SMILES string of the molecule is CC(C)CNC(=O)[C@@H](Cc1ccccc1)N(Cc1ccc(Cl)cc1)C(=O)CN(c1cc(C(F)(F)F)ccc1Cl)S(=O)(=O)c1ccccc1. The van der Waals surface area contributed by atoms with Gasteiger partial charge in [-0.05, 0) is 59.5 Å². The van der Waals surface area contributed by atoms with Crippen LogP contribution in [0.4, 0.5) is 18.9 Å². The van der Waals surface area contributed by atoms with Crippen LogP contribution in [0, 0.1) is 5.92 Å². The zero-order valence-electron chi connectivity index (χ0n) is 26.1. The summed E-state index contributed by atoms with van der Waals surface area (Å²) in [6.07, 6.45) is -4.76. The molecule has 0 saturated heterocycles. The third kappa shape index (κ3) is 9.52. The average Bonchev–Trinajstić information content (AvgIpc) is 3.05. The lowest BCUT2D eigenvalue weighted by Crippen LogP contribution is -2.53. The van der Waals surface area contributed by atoms with Crippen LogP contribution in [0.25, 0.3) is 0 Å². The van der Waals surface area contributed by atoms with E-state index in [4.69, 9.17) is 23.2 Å². The first-order chi connectivity index (χ1) is 22.7. The molecule has 0 aliphatic carbocycles. The van der Waals surface area contributed by atoms with E-state index < -0.39 is 51.9 Å². The molecule has 0 spiro atoms. The number of amides is 2. The van der Waals surface area contributed by atoms with Crippen LogP contribution in [-0.4, -0.2) is 44.3 Å². The maximum atomic E-state index is 14.5. The molecule has 4 aromatic carbocycles. The number of carbonyl (C=O) groups is 2. The van der Waals surface area contributed by atoms with Gasteiger partial charge in [0.05, 0.1) is 21.2 Å². The summed E-state index contributed by atoms with van der Waals surface area (Å²) in [4.78, 5) is 29.3. The number of sulfonamides is 1. The Hall–Kier alpha value is -4.06. The molecular weight excluding hydrogens is 686 g/mol.